The summed E-state index contributed by atoms with van der Waals surface area (Å²) >= 11 is 0. The molecule has 0 radical (unpaired) electrons. The van der Waals surface area contributed by atoms with Crippen LogP contribution in [-0.4, -0.2) is 5.11 Å². The second-order valence-electron chi connectivity index (χ2n) is 1.10. The van der Waals surface area contributed by atoms with E-state index in [1.807, 2.05) is 0 Å². The molecule has 0 saturated heterocycles. The van der Waals surface area contributed by atoms with Gasteiger partial charge in [0, 0.05) is 0 Å². The molecule has 0 fully saturated rings. The summed E-state index contributed by atoms with van der Waals surface area (Å²) in [5.74, 6) is 0. The first-order valence-corrected chi connectivity index (χ1v) is 1.95. The van der Waals surface area contributed by atoms with Crippen LogP contribution in [0.1, 0.15) is 7.85 Å². The van der Waals surface area contributed by atoms with Crippen LogP contribution < -0.4 is 51.4 Å². The normalized spacial score (nSPS) is 8.44. The molecule has 0 aliphatic heterocycles. The fourth-order valence-corrected chi connectivity index (χ4v) is 0.199. The molecule has 0 aromatic rings. The van der Waals surface area contributed by atoms with Crippen LogP contribution >= 0.6 is 0 Å². The Morgan fingerprint density at radius 3 is 2.33 bits per heavy atom. The molecule has 3 nitrogen and oxygen atoms in total. The second kappa shape index (κ2) is 8.16. The number of nitriles is 2. The third-order valence-electron chi connectivity index (χ3n) is 0.569. The molecule has 4 heteroatoms. The van der Waals surface area contributed by atoms with E-state index in [-0.39, 0.29) is 64.8 Å². The summed E-state index contributed by atoms with van der Waals surface area (Å²) in [5.41, 5.74) is 0.0903. The Balaban J connectivity index is -0.000000245. The van der Waals surface area contributed by atoms with Gasteiger partial charge in [0.1, 0.15) is 0 Å². The maximum atomic E-state index is 8.12. The molecule has 0 aliphatic rings. The van der Waals surface area contributed by atoms with Crippen molar-refractivity contribution in [1.82, 2.24) is 0 Å². The second-order valence-corrected chi connectivity index (χ2v) is 1.10. The molecule has 42 valence electrons. The van der Waals surface area contributed by atoms with Crippen LogP contribution in [0.4, 0.5) is 0 Å². The van der Waals surface area contributed by atoms with Crippen molar-refractivity contribution in [2.24, 2.45) is 0 Å². The number of rotatable bonds is 1. The molecule has 0 heterocycles. The monoisotopic (exact) mass is 148 g/mol. The molecule has 0 saturated carbocycles. The van der Waals surface area contributed by atoms with Gasteiger partial charge < -0.3 is 6.53 Å². The standard InChI is InChI=1S/C5H4N2O.K.H/c6-2-1-5(3-7)4-8;;/h4,8H,1H2;;/q;+1;-1/b5-4+;;. The molecule has 0 bridgehead atoms. The minimum Gasteiger partial charge on any atom is -1.00 e. The molecule has 0 amide bonds. The molecule has 0 spiro atoms. The van der Waals surface area contributed by atoms with Crippen molar-refractivity contribution in [3.8, 4) is 12.1 Å². The zero-order chi connectivity index (χ0) is 6.41. The minimum atomic E-state index is -0.0208. The number of hydrogen-bond donors (Lipinski definition) is 1. The van der Waals surface area contributed by atoms with Crippen LogP contribution in [0.2, 0.25) is 0 Å². The van der Waals surface area contributed by atoms with Gasteiger partial charge in [-0.1, -0.05) is 0 Å². The van der Waals surface area contributed by atoms with Crippen LogP contribution in [0, 0.1) is 22.7 Å². The van der Waals surface area contributed by atoms with Crippen molar-refractivity contribution in [2.75, 3.05) is 0 Å². The van der Waals surface area contributed by atoms with Gasteiger partial charge >= 0.3 is 51.4 Å². The number of aliphatic hydroxyl groups is 1. The van der Waals surface area contributed by atoms with Gasteiger partial charge in [0.05, 0.1) is 30.4 Å². The number of allylic oxidation sites excluding steroid dienone is 1. The Labute approximate surface area is 97.5 Å². The molecule has 1 N–H and O–H groups in total. The maximum Gasteiger partial charge on any atom is 1.00 e. The third kappa shape index (κ3) is 6.04. The molecular formula is C5H5KN2O. The van der Waals surface area contributed by atoms with E-state index in [9.17, 15) is 0 Å². The molecule has 9 heavy (non-hydrogen) atoms. The smallest absolute Gasteiger partial charge is 1.00 e. The topological polar surface area (TPSA) is 67.8 Å². The fraction of sp³-hybridized carbons (Fsp3) is 0.200. The molecular weight excluding hydrogens is 143 g/mol. The van der Waals surface area contributed by atoms with Crippen molar-refractivity contribution >= 4 is 0 Å². The summed E-state index contributed by atoms with van der Waals surface area (Å²) in [6.07, 6.45) is 0.621. The van der Waals surface area contributed by atoms with Gasteiger partial charge in [-0.25, -0.2) is 0 Å². The van der Waals surface area contributed by atoms with Crippen LogP contribution in [0.25, 0.3) is 0 Å². The van der Waals surface area contributed by atoms with Crippen molar-refractivity contribution in [3.05, 3.63) is 11.8 Å². The third-order valence-corrected chi connectivity index (χ3v) is 0.569. The largest absolute Gasteiger partial charge is 1.00 e. The summed E-state index contributed by atoms with van der Waals surface area (Å²) < 4.78 is 0. The van der Waals surface area contributed by atoms with Gasteiger partial charge in [0.25, 0.3) is 0 Å². The van der Waals surface area contributed by atoms with Crippen LogP contribution in [0.15, 0.2) is 11.8 Å². The van der Waals surface area contributed by atoms with E-state index in [4.69, 9.17) is 15.6 Å². The van der Waals surface area contributed by atoms with Crippen molar-refractivity contribution in [2.45, 2.75) is 6.42 Å². The maximum absolute atomic E-state index is 8.12. The van der Waals surface area contributed by atoms with Gasteiger partial charge in [-0.3, -0.25) is 0 Å². The Morgan fingerprint density at radius 2 is 2.22 bits per heavy atom. The first kappa shape index (κ1) is 11.9. The predicted molar refractivity (Wildman–Crippen MR) is 27.7 cm³/mol. The quantitative estimate of drug-likeness (QED) is 0.265. The van der Waals surface area contributed by atoms with Crippen LogP contribution in [0.3, 0.4) is 0 Å². The summed E-state index contributed by atoms with van der Waals surface area (Å²) in [4.78, 5) is 0. The van der Waals surface area contributed by atoms with Crippen molar-refractivity contribution in [3.63, 3.8) is 0 Å². The Hall–Kier alpha value is 0.156. The van der Waals surface area contributed by atoms with E-state index in [0.717, 1.165) is 0 Å². The fourth-order valence-electron chi connectivity index (χ4n) is 0.199. The molecule has 0 unspecified atom stereocenters. The average molecular weight is 148 g/mol. The van der Waals surface area contributed by atoms with E-state index in [1.165, 1.54) is 0 Å². The number of hydrogen-bond acceptors (Lipinski definition) is 3. The molecule has 0 aromatic heterocycles. The van der Waals surface area contributed by atoms with E-state index in [1.54, 1.807) is 12.1 Å². The van der Waals surface area contributed by atoms with Crippen LogP contribution in [-0.2, 0) is 0 Å². The van der Waals surface area contributed by atoms with E-state index in [0.29, 0.717) is 6.26 Å². The van der Waals surface area contributed by atoms with Gasteiger partial charge in [-0.2, -0.15) is 10.5 Å². The Bertz CT molecular complexity index is 179. The zero-order valence-corrected chi connectivity index (χ0v) is 8.25. The average Bonchev–Trinajstić information content (AvgIpc) is 1.83. The summed E-state index contributed by atoms with van der Waals surface area (Å²) in [7, 11) is 0. The van der Waals surface area contributed by atoms with Gasteiger partial charge in [-0.05, 0) is 0 Å². The van der Waals surface area contributed by atoms with Gasteiger partial charge in [0.2, 0.25) is 0 Å². The van der Waals surface area contributed by atoms with E-state index < -0.39 is 0 Å². The molecule has 0 atom stereocenters. The minimum absolute atomic E-state index is 0. The molecule has 0 aliphatic carbocycles. The van der Waals surface area contributed by atoms with Crippen LogP contribution in [0.5, 0.6) is 0 Å². The first-order chi connectivity index (χ1) is 3.85. The SMILES string of the molecule is N#CC/C(C#N)=C\O.[H-].[K+]. The summed E-state index contributed by atoms with van der Waals surface area (Å²) in [6, 6.07) is 3.36. The van der Waals surface area contributed by atoms with E-state index in [2.05, 4.69) is 0 Å². The number of nitrogens with zero attached hydrogens (tertiary/aromatic N) is 2. The van der Waals surface area contributed by atoms with Crippen molar-refractivity contribution < 1.29 is 57.9 Å². The van der Waals surface area contributed by atoms with Gasteiger partial charge in [-0.15, -0.1) is 0 Å². The molecule has 0 rings (SSSR count). The summed E-state index contributed by atoms with van der Waals surface area (Å²) in [6.45, 7) is 0. The zero-order valence-electron chi connectivity index (χ0n) is 6.13. The van der Waals surface area contributed by atoms with Crippen molar-refractivity contribution in [1.29, 1.82) is 10.5 Å². The predicted octanol–water partition coefficient (Wildman–Crippen LogP) is -2.02. The summed E-state index contributed by atoms with van der Waals surface area (Å²) in [5, 5.41) is 24.1. The Kier molecular flexibility index (Phi) is 10.8. The Morgan fingerprint density at radius 1 is 1.67 bits per heavy atom. The number of aliphatic hydroxyl groups excluding tert-OH is 1. The van der Waals surface area contributed by atoms with E-state index >= 15 is 0 Å². The first-order valence-electron chi connectivity index (χ1n) is 1.95. The molecule has 0 aromatic carbocycles. The van der Waals surface area contributed by atoms with Gasteiger partial charge in [0.15, 0.2) is 0 Å².